The highest BCUT2D eigenvalue weighted by Gasteiger charge is 2.03. The van der Waals surface area contributed by atoms with Crippen molar-refractivity contribution in [1.82, 2.24) is 5.01 Å². The average Bonchev–Trinajstić information content (AvgIpc) is 1.87. The van der Waals surface area contributed by atoms with Crippen molar-refractivity contribution in [3.63, 3.8) is 0 Å². The van der Waals surface area contributed by atoms with Crippen molar-refractivity contribution in [2.45, 2.75) is 20.8 Å². The predicted molar refractivity (Wildman–Crippen MR) is 49.7 cm³/mol. The van der Waals surface area contributed by atoms with Crippen LogP contribution in [-0.2, 0) is 0 Å². The molecular weight excluding hydrogens is 136 g/mol. The minimum Gasteiger partial charge on any atom is -0.318 e. The van der Waals surface area contributed by atoms with Crippen molar-refractivity contribution in [1.29, 1.82) is 0 Å². The van der Waals surface area contributed by atoms with Gasteiger partial charge >= 0.3 is 0 Å². The standard InChI is InChI=1S/C9H18N2/c1-5-6-7-9(8(2)3)11(4)10/h5-8H,10H2,1-4H3/b6-5-,9-7-. The van der Waals surface area contributed by atoms with Gasteiger partial charge in [0.25, 0.3) is 0 Å². The number of hydrazine groups is 1. The Kier molecular flexibility index (Phi) is 4.62. The normalized spacial score (nSPS) is 13.1. The van der Waals surface area contributed by atoms with Gasteiger partial charge in [-0.3, -0.25) is 0 Å². The zero-order chi connectivity index (χ0) is 8.85. The molecule has 64 valence electrons. The van der Waals surface area contributed by atoms with Gasteiger partial charge < -0.3 is 5.01 Å². The van der Waals surface area contributed by atoms with Crippen molar-refractivity contribution in [2.75, 3.05) is 7.05 Å². The van der Waals surface area contributed by atoms with E-state index in [0.29, 0.717) is 5.92 Å². The molecule has 0 heterocycles. The minimum atomic E-state index is 0.473. The van der Waals surface area contributed by atoms with E-state index in [1.807, 2.05) is 32.2 Å². The SMILES string of the molecule is C/C=C\C=C(\C(C)C)N(C)N. The molecule has 0 unspecified atom stereocenters. The quantitative estimate of drug-likeness (QED) is 0.382. The van der Waals surface area contributed by atoms with Gasteiger partial charge in [0.15, 0.2) is 0 Å². The molecule has 0 aliphatic carbocycles. The van der Waals surface area contributed by atoms with Crippen LogP contribution in [0.5, 0.6) is 0 Å². The zero-order valence-corrected chi connectivity index (χ0v) is 7.83. The van der Waals surface area contributed by atoms with Gasteiger partial charge in [-0.1, -0.05) is 26.0 Å². The molecule has 0 amide bonds. The molecule has 0 bridgehead atoms. The highest BCUT2D eigenvalue weighted by Crippen LogP contribution is 2.09. The summed E-state index contributed by atoms with van der Waals surface area (Å²) in [6, 6.07) is 0. The Bertz CT molecular complexity index is 145. The van der Waals surface area contributed by atoms with Crippen LogP contribution in [-0.4, -0.2) is 12.1 Å². The number of nitrogens with zero attached hydrogens (tertiary/aromatic N) is 1. The molecule has 0 saturated carbocycles. The van der Waals surface area contributed by atoms with E-state index in [1.54, 1.807) is 5.01 Å². The topological polar surface area (TPSA) is 29.3 Å². The Hall–Kier alpha value is -0.760. The van der Waals surface area contributed by atoms with Crippen molar-refractivity contribution in [3.05, 3.63) is 23.9 Å². The highest BCUT2D eigenvalue weighted by atomic mass is 15.4. The number of nitrogens with two attached hydrogens (primary N) is 1. The lowest BCUT2D eigenvalue weighted by Gasteiger charge is -2.19. The monoisotopic (exact) mass is 154 g/mol. The fourth-order valence-corrected chi connectivity index (χ4v) is 0.912. The third-order valence-corrected chi connectivity index (χ3v) is 1.46. The molecule has 0 fully saturated rings. The van der Waals surface area contributed by atoms with Gasteiger partial charge in [0, 0.05) is 12.7 Å². The van der Waals surface area contributed by atoms with Crippen LogP contribution in [0.15, 0.2) is 23.9 Å². The molecule has 2 heteroatoms. The zero-order valence-electron chi connectivity index (χ0n) is 7.83. The van der Waals surface area contributed by atoms with Crippen molar-refractivity contribution in [3.8, 4) is 0 Å². The Balaban J connectivity index is 4.33. The molecule has 0 rings (SSSR count). The average molecular weight is 154 g/mol. The predicted octanol–water partition coefficient (Wildman–Crippen LogP) is 1.91. The van der Waals surface area contributed by atoms with Gasteiger partial charge in [-0.15, -0.1) is 0 Å². The fourth-order valence-electron chi connectivity index (χ4n) is 0.912. The second kappa shape index (κ2) is 4.97. The Morgan fingerprint density at radius 3 is 2.27 bits per heavy atom. The van der Waals surface area contributed by atoms with Crippen molar-refractivity contribution in [2.24, 2.45) is 11.8 Å². The van der Waals surface area contributed by atoms with E-state index in [4.69, 9.17) is 5.84 Å². The van der Waals surface area contributed by atoms with Crippen molar-refractivity contribution >= 4 is 0 Å². The summed E-state index contributed by atoms with van der Waals surface area (Å²) in [5, 5.41) is 1.66. The summed E-state index contributed by atoms with van der Waals surface area (Å²) < 4.78 is 0. The molecule has 0 spiro atoms. The van der Waals surface area contributed by atoms with Crippen LogP contribution in [0, 0.1) is 5.92 Å². The van der Waals surface area contributed by atoms with E-state index in [2.05, 4.69) is 13.8 Å². The molecule has 0 aromatic carbocycles. The lowest BCUT2D eigenvalue weighted by molar-refractivity contribution is 0.391. The molecule has 2 nitrogen and oxygen atoms in total. The summed E-state index contributed by atoms with van der Waals surface area (Å²) in [6.07, 6.45) is 6.02. The number of hydrogen-bond acceptors (Lipinski definition) is 2. The number of rotatable bonds is 3. The Morgan fingerprint density at radius 2 is 2.00 bits per heavy atom. The van der Waals surface area contributed by atoms with Crippen LogP contribution < -0.4 is 5.84 Å². The summed E-state index contributed by atoms with van der Waals surface area (Å²) in [4.78, 5) is 0. The molecule has 0 aliphatic heterocycles. The first kappa shape index (κ1) is 10.2. The van der Waals surface area contributed by atoms with E-state index in [9.17, 15) is 0 Å². The summed E-state index contributed by atoms with van der Waals surface area (Å²) in [7, 11) is 1.86. The maximum absolute atomic E-state index is 5.61. The van der Waals surface area contributed by atoms with Gasteiger partial charge in [0.2, 0.25) is 0 Å². The first-order chi connectivity index (χ1) is 5.09. The second-order valence-electron chi connectivity index (χ2n) is 2.88. The van der Waals surface area contributed by atoms with Gasteiger partial charge in [0.1, 0.15) is 0 Å². The van der Waals surface area contributed by atoms with Crippen LogP contribution in [0.25, 0.3) is 0 Å². The van der Waals surface area contributed by atoms with Gasteiger partial charge in [-0.05, 0) is 18.9 Å². The summed E-state index contributed by atoms with van der Waals surface area (Å²) >= 11 is 0. The third-order valence-electron chi connectivity index (χ3n) is 1.46. The van der Waals surface area contributed by atoms with E-state index < -0.39 is 0 Å². The van der Waals surface area contributed by atoms with E-state index in [1.165, 1.54) is 0 Å². The summed E-state index contributed by atoms with van der Waals surface area (Å²) in [6.45, 7) is 6.24. The summed E-state index contributed by atoms with van der Waals surface area (Å²) in [5.74, 6) is 6.08. The second-order valence-corrected chi connectivity index (χ2v) is 2.88. The minimum absolute atomic E-state index is 0.473. The fraction of sp³-hybridized carbons (Fsp3) is 0.556. The Morgan fingerprint density at radius 1 is 1.45 bits per heavy atom. The first-order valence-electron chi connectivity index (χ1n) is 3.91. The molecule has 0 aromatic rings. The van der Waals surface area contributed by atoms with Crippen LogP contribution >= 0.6 is 0 Å². The smallest absolute Gasteiger partial charge is 0.0313 e. The van der Waals surface area contributed by atoms with Crippen LogP contribution in [0.3, 0.4) is 0 Å². The van der Waals surface area contributed by atoms with Crippen molar-refractivity contribution < 1.29 is 0 Å². The molecular formula is C9H18N2. The van der Waals surface area contributed by atoms with Crippen LogP contribution in [0.1, 0.15) is 20.8 Å². The van der Waals surface area contributed by atoms with Gasteiger partial charge in [-0.2, -0.15) is 0 Å². The molecule has 0 aliphatic rings. The molecule has 0 saturated heterocycles. The number of hydrogen-bond donors (Lipinski definition) is 1. The molecule has 0 atom stereocenters. The first-order valence-corrected chi connectivity index (χ1v) is 3.91. The van der Waals surface area contributed by atoms with E-state index in [0.717, 1.165) is 5.70 Å². The maximum Gasteiger partial charge on any atom is 0.0313 e. The lowest BCUT2D eigenvalue weighted by Crippen LogP contribution is -2.27. The van der Waals surface area contributed by atoms with E-state index in [-0.39, 0.29) is 0 Å². The Labute approximate surface area is 69.3 Å². The summed E-state index contributed by atoms with van der Waals surface area (Å²) in [5.41, 5.74) is 1.14. The largest absolute Gasteiger partial charge is 0.318 e. The van der Waals surface area contributed by atoms with Crippen LogP contribution in [0.2, 0.25) is 0 Å². The van der Waals surface area contributed by atoms with Gasteiger partial charge in [-0.25, -0.2) is 5.84 Å². The third kappa shape index (κ3) is 3.83. The molecule has 0 radical (unpaired) electrons. The lowest BCUT2D eigenvalue weighted by atomic mass is 10.1. The molecule has 11 heavy (non-hydrogen) atoms. The van der Waals surface area contributed by atoms with Gasteiger partial charge in [0.05, 0.1) is 0 Å². The van der Waals surface area contributed by atoms with Crippen LogP contribution in [0.4, 0.5) is 0 Å². The molecule has 0 aromatic heterocycles. The number of allylic oxidation sites excluding steroid dienone is 4. The van der Waals surface area contributed by atoms with E-state index >= 15 is 0 Å². The molecule has 2 N–H and O–H groups in total. The maximum atomic E-state index is 5.61. The highest BCUT2D eigenvalue weighted by molar-refractivity contribution is 5.11.